The van der Waals surface area contributed by atoms with Gasteiger partial charge in [0.1, 0.15) is 5.01 Å². The molecule has 2 aromatic rings. The Balaban J connectivity index is 1.49. The second-order valence-corrected chi connectivity index (χ2v) is 8.54. The van der Waals surface area contributed by atoms with E-state index in [1.54, 1.807) is 16.2 Å². The van der Waals surface area contributed by atoms with Gasteiger partial charge in [0.25, 0.3) is 0 Å². The Kier molecular flexibility index (Phi) is 5.98. The van der Waals surface area contributed by atoms with Crippen LogP contribution in [0.5, 0.6) is 0 Å². The van der Waals surface area contributed by atoms with E-state index in [0.29, 0.717) is 30.6 Å². The van der Waals surface area contributed by atoms with Crippen LogP contribution in [0.2, 0.25) is 0 Å². The van der Waals surface area contributed by atoms with Crippen molar-refractivity contribution in [1.29, 1.82) is 0 Å². The molecule has 140 valence electrons. The maximum Gasteiger partial charge on any atom is 0.229 e. The molecule has 0 aliphatic carbocycles. The molecule has 9 heteroatoms. The Hall–Kier alpha value is -1.87. The SMILES string of the molecule is CCc1nnc(N2CC(C(=O)NCCc3csc(C(C)C)n3)CC2=O)s1. The number of hydrogen-bond donors (Lipinski definition) is 1. The number of aromatic nitrogens is 3. The summed E-state index contributed by atoms with van der Waals surface area (Å²) in [6.45, 7) is 7.14. The third-order valence-electron chi connectivity index (χ3n) is 4.23. The highest BCUT2D eigenvalue weighted by molar-refractivity contribution is 7.15. The number of aryl methyl sites for hydroxylation is 1. The molecule has 1 N–H and O–H groups in total. The van der Waals surface area contributed by atoms with E-state index in [1.165, 1.54) is 11.3 Å². The van der Waals surface area contributed by atoms with Crippen LogP contribution in [0.25, 0.3) is 0 Å². The number of nitrogens with one attached hydrogen (secondary N) is 1. The summed E-state index contributed by atoms with van der Waals surface area (Å²) in [6, 6.07) is 0. The highest BCUT2D eigenvalue weighted by atomic mass is 32.1. The van der Waals surface area contributed by atoms with Gasteiger partial charge in [-0.15, -0.1) is 21.5 Å². The lowest BCUT2D eigenvalue weighted by atomic mass is 10.1. The third kappa shape index (κ3) is 4.27. The summed E-state index contributed by atoms with van der Waals surface area (Å²) in [5, 5.41) is 15.7. The van der Waals surface area contributed by atoms with Crippen LogP contribution in [0.1, 0.15) is 48.8 Å². The molecule has 0 saturated carbocycles. The van der Waals surface area contributed by atoms with Gasteiger partial charge in [-0.3, -0.25) is 14.5 Å². The smallest absolute Gasteiger partial charge is 0.229 e. The molecule has 3 rings (SSSR count). The Bertz CT molecular complexity index is 786. The van der Waals surface area contributed by atoms with E-state index < -0.39 is 0 Å². The molecule has 1 saturated heterocycles. The molecule has 1 aliphatic heterocycles. The van der Waals surface area contributed by atoms with Gasteiger partial charge < -0.3 is 5.32 Å². The van der Waals surface area contributed by atoms with Gasteiger partial charge >= 0.3 is 0 Å². The van der Waals surface area contributed by atoms with Crippen molar-refractivity contribution in [2.45, 2.75) is 46.0 Å². The van der Waals surface area contributed by atoms with Crippen molar-refractivity contribution in [1.82, 2.24) is 20.5 Å². The molecule has 1 unspecified atom stereocenters. The second-order valence-electron chi connectivity index (χ2n) is 6.61. The molecule has 3 heterocycles. The molecule has 1 fully saturated rings. The van der Waals surface area contributed by atoms with Crippen LogP contribution < -0.4 is 10.2 Å². The van der Waals surface area contributed by atoms with Crippen molar-refractivity contribution in [3.05, 3.63) is 21.1 Å². The Labute approximate surface area is 160 Å². The maximum absolute atomic E-state index is 12.4. The average Bonchev–Trinajstić information content (AvgIpc) is 3.33. The fourth-order valence-electron chi connectivity index (χ4n) is 2.73. The number of hydrogen-bond acceptors (Lipinski definition) is 7. The first-order chi connectivity index (χ1) is 12.5. The highest BCUT2D eigenvalue weighted by Gasteiger charge is 2.36. The zero-order valence-electron chi connectivity index (χ0n) is 15.2. The quantitative estimate of drug-likeness (QED) is 0.780. The number of rotatable bonds is 7. The molecule has 1 atom stereocenters. The van der Waals surface area contributed by atoms with Gasteiger partial charge in [-0.2, -0.15) is 0 Å². The number of nitrogens with zero attached hydrogens (tertiary/aromatic N) is 4. The number of carbonyl (C=O) groups is 2. The van der Waals surface area contributed by atoms with Crippen LogP contribution in [0.4, 0.5) is 5.13 Å². The number of amides is 2. The van der Waals surface area contributed by atoms with Crippen LogP contribution >= 0.6 is 22.7 Å². The molecule has 2 aromatic heterocycles. The molecule has 0 spiro atoms. The van der Waals surface area contributed by atoms with Gasteiger partial charge in [-0.25, -0.2) is 4.98 Å². The average molecular weight is 394 g/mol. The minimum Gasteiger partial charge on any atom is -0.355 e. The van der Waals surface area contributed by atoms with E-state index in [0.717, 1.165) is 22.1 Å². The summed E-state index contributed by atoms with van der Waals surface area (Å²) in [6.07, 6.45) is 1.72. The largest absolute Gasteiger partial charge is 0.355 e. The van der Waals surface area contributed by atoms with Crippen molar-refractivity contribution >= 4 is 39.6 Å². The minimum absolute atomic E-state index is 0.0648. The predicted octanol–water partition coefficient (Wildman–Crippen LogP) is 2.39. The molecule has 1 aliphatic rings. The lowest BCUT2D eigenvalue weighted by Crippen LogP contribution is -2.34. The lowest BCUT2D eigenvalue weighted by Gasteiger charge is -2.12. The van der Waals surface area contributed by atoms with Crippen LogP contribution in [0.15, 0.2) is 5.38 Å². The molecule has 2 amide bonds. The van der Waals surface area contributed by atoms with Crippen molar-refractivity contribution in [3.8, 4) is 0 Å². The minimum atomic E-state index is -0.335. The fraction of sp³-hybridized carbons (Fsp3) is 0.588. The first-order valence-electron chi connectivity index (χ1n) is 8.82. The van der Waals surface area contributed by atoms with Crippen molar-refractivity contribution in [2.24, 2.45) is 5.92 Å². The van der Waals surface area contributed by atoms with Gasteiger partial charge in [0.2, 0.25) is 16.9 Å². The van der Waals surface area contributed by atoms with Crippen molar-refractivity contribution in [2.75, 3.05) is 18.0 Å². The van der Waals surface area contributed by atoms with E-state index >= 15 is 0 Å². The van der Waals surface area contributed by atoms with Crippen LogP contribution in [-0.4, -0.2) is 40.1 Å². The fourth-order valence-corrected chi connectivity index (χ4v) is 4.40. The van der Waals surface area contributed by atoms with E-state index in [4.69, 9.17) is 0 Å². The molecule has 0 radical (unpaired) electrons. The lowest BCUT2D eigenvalue weighted by molar-refractivity contribution is -0.126. The van der Waals surface area contributed by atoms with Crippen LogP contribution in [0, 0.1) is 5.92 Å². The molecule has 0 aromatic carbocycles. The Morgan fingerprint density at radius 3 is 2.88 bits per heavy atom. The van der Waals surface area contributed by atoms with E-state index in [1.807, 2.05) is 12.3 Å². The van der Waals surface area contributed by atoms with Gasteiger partial charge in [0.15, 0.2) is 0 Å². The Morgan fingerprint density at radius 1 is 1.42 bits per heavy atom. The zero-order chi connectivity index (χ0) is 18.7. The third-order valence-corrected chi connectivity index (χ3v) is 6.51. The molecular formula is C17H23N5O2S2. The van der Waals surface area contributed by atoms with Crippen molar-refractivity contribution in [3.63, 3.8) is 0 Å². The zero-order valence-corrected chi connectivity index (χ0v) is 16.8. The summed E-state index contributed by atoms with van der Waals surface area (Å²) in [5.41, 5.74) is 1.00. The van der Waals surface area contributed by atoms with Gasteiger partial charge in [0, 0.05) is 37.2 Å². The summed E-state index contributed by atoms with van der Waals surface area (Å²) in [7, 11) is 0. The monoisotopic (exact) mass is 393 g/mol. The van der Waals surface area contributed by atoms with Gasteiger partial charge in [0.05, 0.1) is 16.6 Å². The number of carbonyl (C=O) groups excluding carboxylic acids is 2. The summed E-state index contributed by atoms with van der Waals surface area (Å²) in [5.74, 6) is -0.0593. The van der Waals surface area contributed by atoms with E-state index in [-0.39, 0.29) is 24.2 Å². The number of thiazole rings is 1. The second kappa shape index (κ2) is 8.22. The maximum atomic E-state index is 12.4. The number of anilines is 1. The van der Waals surface area contributed by atoms with E-state index in [2.05, 4.69) is 34.3 Å². The van der Waals surface area contributed by atoms with Crippen LogP contribution in [0.3, 0.4) is 0 Å². The van der Waals surface area contributed by atoms with Gasteiger partial charge in [-0.1, -0.05) is 32.1 Å². The first kappa shape index (κ1) is 18.9. The molecular weight excluding hydrogens is 370 g/mol. The highest BCUT2D eigenvalue weighted by Crippen LogP contribution is 2.28. The summed E-state index contributed by atoms with van der Waals surface area (Å²) < 4.78 is 0. The molecule has 7 nitrogen and oxygen atoms in total. The van der Waals surface area contributed by atoms with Crippen LogP contribution in [-0.2, 0) is 22.4 Å². The standard InChI is InChI=1S/C17H23N5O2S2/c1-4-13-20-21-17(26-13)22-8-11(7-14(22)23)15(24)18-6-5-12-9-25-16(19-12)10(2)3/h9-11H,4-8H2,1-3H3,(H,18,24). The molecule has 0 bridgehead atoms. The first-order valence-corrected chi connectivity index (χ1v) is 10.5. The normalized spacial score (nSPS) is 17.3. The topological polar surface area (TPSA) is 88.1 Å². The Morgan fingerprint density at radius 2 is 2.23 bits per heavy atom. The molecule has 26 heavy (non-hydrogen) atoms. The summed E-state index contributed by atoms with van der Waals surface area (Å²) in [4.78, 5) is 30.8. The van der Waals surface area contributed by atoms with E-state index in [9.17, 15) is 9.59 Å². The summed E-state index contributed by atoms with van der Waals surface area (Å²) >= 11 is 3.07. The predicted molar refractivity (Wildman–Crippen MR) is 103 cm³/mol. The van der Waals surface area contributed by atoms with Gasteiger partial charge in [-0.05, 0) is 6.42 Å². The van der Waals surface area contributed by atoms with Crippen molar-refractivity contribution < 1.29 is 9.59 Å².